The Labute approximate surface area is 265 Å². The number of methoxy groups -OCH3 is 1. The summed E-state index contributed by atoms with van der Waals surface area (Å²) in [7, 11) is 1.52. The minimum absolute atomic E-state index is 0.0711. The summed E-state index contributed by atoms with van der Waals surface area (Å²) < 4.78 is 18.6. The van der Waals surface area contributed by atoms with E-state index in [0.717, 1.165) is 44.8 Å². The molecule has 0 bridgehead atoms. The number of amides is 2. The lowest BCUT2D eigenvalue weighted by molar-refractivity contribution is -0.124. The molecule has 2 heterocycles. The molecule has 0 aromatic heterocycles. The standard InChI is InChI=1S/C31H32Cl2FN5O3S/c1-42-28-12-11-25(19-26(28)33)39-30(41)27(20-29(40)35-23-7-3-21(32)4-8-23)38(31(39)43)14-2-13-36-15-17-37(18-16-36)24-9-5-22(34)6-10-24/h3-12,19,27H,2,13-18,20H2,1H3,(H,35,40)/t27-/m0/s1. The number of nitrogens with one attached hydrogen (secondary N) is 1. The summed E-state index contributed by atoms with van der Waals surface area (Å²) in [5, 5.41) is 4.09. The van der Waals surface area contributed by atoms with Gasteiger partial charge in [0.15, 0.2) is 5.11 Å². The smallest absolute Gasteiger partial charge is 0.256 e. The number of ether oxygens (including phenoxy) is 1. The third kappa shape index (κ3) is 7.38. The summed E-state index contributed by atoms with van der Waals surface area (Å²) >= 11 is 18.2. The normalized spacial score (nSPS) is 17.5. The monoisotopic (exact) mass is 643 g/mol. The van der Waals surface area contributed by atoms with Crippen molar-refractivity contribution in [1.29, 1.82) is 0 Å². The van der Waals surface area contributed by atoms with Crippen LogP contribution in [0.15, 0.2) is 66.7 Å². The molecule has 1 N–H and O–H groups in total. The van der Waals surface area contributed by atoms with Gasteiger partial charge < -0.3 is 19.9 Å². The minimum atomic E-state index is -0.768. The summed E-state index contributed by atoms with van der Waals surface area (Å²) in [5.74, 6) is -0.348. The van der Waals surface area contributed by atoms with E-state index in [1.54, 1.807) is 54.6 Å². The zero-order valence-corrected chi connectivity index (χ0v) is 26.0. The number of carbonyl (C=O) groups is 2. The van der Waals surface area contributed by atoms with Gasteiger partial charge in [-0.05, 0) is 91.9 Å². The van der Waals surface area contributed by atoms with Crippen LogP contribution in [0.3, 0.4) is 0 Å². The highest BCUT2D eigenvalue weighted by Crippen LogP contribution is 2.33. The van der Waals surface area contributed by atoms with Gasteiger partial charge in [0.1, 0.15) is 17.6 Å². The summed E-state index contributed by atoms with van der Waals surface area (Å²) in [4.78, 5) is 34.7. The second-order valence-corrected chi connectivity index (χ2v) is 11.6. The predicted molar refractivity (Wildman–Crippen MR) is 173 cm³/mol. The van der Waals surface area contributed by atoms with Gasteiger partial charge >= 0.3 is 0 Å². The number of thiocarbonyl (C=S) groups is 1. The van der Waals surface area contributed by atoms with Crippen LogP contribution in [0.4, 0.5) is 21.5 Å². The molecule has 3 aromatic rings. The highest BCUT2D eigenvalue weighted by atomic mass is 35.5. The Morgan fingerprint density at radius 1 is 0.977 bits per heavy atom. The summed E-state index contributed by atoms with van der Waals surface area (Å²) in [6.07, 6.45) is 0.675. The Kier molecular flexibility index (Phi) is 10.0. The molecule has 43 heavy (non-hydrogen) atoms. The van der Waals surface area contributed by atoms with Gasteiger partial charge in [-0.2, -0.15) is 0 Å². The van der Waals surface area contributed by atoms with Crippen LogP contribution in [0.1, 0.15) is 12.8 Å². The van der Waals surface area contributed by atoms with Crippen LogP contribution in [0.2, 0.25) is 10.0 Å². The van der Waals surface area contributed by atoms with Gasteiger partial charge in [-0.3, -0.25) is 19.4 Å². The molecule has 2 amide bonds. The number of nitrogens with zero attached hydrogens (tertiary/aromatic N) is 4. The number of halogens is 3. The lowest BCUT2D eigenvalue weighted by atomic mass is 10.1. The van der Waals surface area contributed by atoms with Crippen LogP contribution in [-0.2, 0) is 9.59 Å². The first-order valence-electron chi connectivity index (χ1n) is 14.0. The van der Waals surface area contributed by atoms with E-state index in [-0.39, 0.29) is 24.1 Å². The summed E-state index contributed by atoms with van der Waals surface area (Å²) in [6, 6.07) is 17.7. The maximum atomic E-state index is 13.8. The van der Waals surface area contributed by atoms with Crippen molar-refractivity contribution in [3.05, 3.63) is 82.6 Å². The van der Waals surface area contributed by atoms with Crippen molar-refractivity contribution >= 4 is 69.4 Å². The molecule has 0 aliphatic carbocycles. The highest BCUT2D eigenvalue weighted by molar-refractivity contribution is 7.80. The predicted octanol–water partition coefficient (Wildman–Crippen LogP) is 5.68. The van der Waals surface area contributed by atoms with E-state index >= 15 is 0 Å². The molecule has 2 saturated heterocycles. The third-order valence-electron chi connectivity index (χ3n) is 7.66. The average Bonchev–Trinajstić information content (AvgIpc) is 3.23. The third-order valence-corrected chi connectivity index (χ3v) is 8.62. The highest BCUT2D eigenvalue weighted by Gasteiger charge is 2.44. The van der Waals surface area contributed by atoms with Crippen LogP contribution >= 0.6 is 35.4 Å². The van der Waals surface area contributed by atoms with E-state index in [9.17, 15) is 14.0 Å². The molecule has 2 aliphatic rings. The molecular formula is C31H32Cl2FN5O3S. The van der Waals surface area contributed by atoms with Gasteiger partial charge in [0.05, 0.1) is 24.2 Å². The number of benzene rings is 3. The first-order valence-corrected chi connectivity index (χ1v) is 15.2. The number of hydrogen-bond acceptors (Lipinski definition) is 6. The van der Waals surface area contributed by atoms with Crippen molar-refractivity contribution in [2.24, 2.45) is 0 Å². The zero-order valence-electron chi connectivity index (χ0n) is 23.6. The van der Waals surface area contributed by atoms with E-state index in [1.165, 1.54) is 24.1 Å². The number of anilines is 3. The first kappa shape index (κ1) is 31.0. The number of rotatable bonds is 10. The van der Waals surface area contributed by atoms with Crippen molar-refractivity contribution in [3.63, 3.8) is 0 Å². The molecule has 1 atom stereocenters. The van der Waals surface area contributed by atoms with E-state index in [0.29, 0.717) is 38.8 Å². The van der Waals surface area contributed by atoms with Gasteiger partial charge in [0, 0.05) is 49.1 Å². The van der Waals surface area contributed by atoms with E-state index in [1.807, 2.05) is 4.90 Å². The molecule has 0 spiro atoms. The van der Waals surface area contributed by atoms with Gasteiger partial charge in [0.25, 0.3) is 5.91 Å². The van der Waals surface area contributed by atoms with Gasteiger partial charge in [-0.1, -0.05) is 23.2 Å². The lowest BCUT2D eigenvalue weighted by Gasteiger charge is -2.36. The molecule has 5 rings (SSSR count). The second kappa shape index (κ2) is 13.9. The molecule has 0 radical (unpaired) electrons. The quantitative estimate of drug-likeness (QED) is 0.285. The zero-order chi connectivity index (χ0) is 30.5. The van der Waals surface area contributed by atoms with E-state index in [2.05, 4.69) is 15.1 Å². The van der Waals surface area contributed by atoms with Crippen molar-refractivity contribution in [2.45, 2.75) is 18.9 Å². The molecule has 0 saturated carbocycles. The average molecular weight is 645 g/mol. The summed E-state index contributed by atoms with van der Waals surface area (Å²) in [6.45, 7) is 4.72. The summed E-state index contributed by atoms with van der Waals surface area (Å²) in [5.41, 5.74) is 2.12. The minimum Gasteiger partial charge on any atom is -0.495 e. The van der Waals surface area contributed by atoms with Crippen molar-refractivity contribution < 1.29 is 18.7 Å². The molecule has 2 fully saturated rings. The Balaban J connectivity index is 1.24. The number of piperazine rings is 1. The molecule has 12 heteroatoms. The second-order valence-electron chi connectivity index (χ2n) is 10.4. The first-order chi connectivity index (χ1) is 20.7. The SMILES string of the molecule is COc1ccc(N2C(=O)[C@H](CC(=O)Nc3ccc(Cl)cc3)N(CCCN3CCN(c4ccc(F)cc4)CC3)C2=S)cc1Cl. The van der Waals surface area contributed by atoms with Gasteiger partial charge in [0.2, 0.25) is 5.91 Å². The van der Waals surface area contributed by atoms with E-state index in [4.69, 9.17) is 40.2 Å². The fourth-order valence-electron chi connectivity index (χ4n) is 5.39. The van der Waals surface area contributed by atoms with Gasteiger partial charge in [-0.25, -0.2) is 4.39 Å². The Morgan fingerprint density at radius 2 is 1.65 bits per heavy atom. The van der Waals surface area contributed by atoms with Crippen LogP contribution in [0.5, 0.6) is 5.75 Å². The number of hydrogen-bond donors (Lipinski definition) is 1. The largest absolute Gasteiger partial charge is 0.495 e. The van der Waals surface area contributed by atoms with Crippen molar-refractivity contribution in [2.75, 3.05) is 61.5 Å². The van der Waals surface area contributed by atoms with Crippen LogP contribution < -0.4 is 19.9 Å². The van der Waals surface area contributed by atoms with Crippen molar-refractivity contribution in [1.82, 2.24) is 9.80 Å². The van der Waals surface area contributed by atoms with Gasteiger partial charge in [-0.15, -0.1) is 0 Å². The van der Waals surface area contributed by atoms with Crippen molar-refractivity contribution in [3.8, 4) is 5.75 Å². The van der Waals surface area contributed by atoms with Crippen LogP contribution in [0.25, 0.3) is 0 Å². The lowest BCUT2D eigenvalue weighted by Crippen LogP contribution is -2.47. The Morgan fingerprint density at radius 3 is 2.30 bits per heavy atom. The molecule has 8 nitrogen and oxygen atoms in total. The molecule has 2 aliphatic heterocycles. The number of carbonyl (C=O) groups excluding carboxylic acids is 2. The maximum Gasteiger partial charge on any atom is 0.256 e. The Hall–Kier alpha value is -3.44. The fraction of sp³-hybridized carbons (Fsp3) is 0.323. The maximum absolute atomic E-state index is 13.8. The molecular weight excluding hydrogens is 612 g/mol. The fourth-order valence-corrected chi connectivity index (χ4v) is 6.18. The molecule has 226 valence electrons. The van der Waals surface area contributed by atoms with E-state index < -0.39 is 6.04 Å². The Bertz CT molecular complexity index is 1470. The van der Waals surface area contributed by atoms with Crippen LogP contribution in [0, 0.1) is 5.82 Å². The topological polar surface area (TPSA) is 68.4 Å². The van der Waals surface area contributed by atoms with Crippen LogP contribution in [-0.4, -0.2) is 79.1 Å². The molecule has 0 unspecified atom stereocenters. The molecule has 3 aromatic carbocycles.